The first-order chi connectivity index (χ1) is 11.2. The minimum absolute atomic E-state index is 0.0637. The summed E-state index contributed by atoms with van der Waals surface area (Å²) in [6, 6.07) is 9.56. The first-order valence-electron chi connectivity index (χ1n) is 7.35. The summed E-state index contributed by atoms with van der Waals surface area (Å²) in [5, 5.41) is 4.30. The van der Waals surface area contributed by atoms with Gasteiger partial charge in [-0.1, -0.05) is 18.2 Å². The highest BCUT2D eigenvalue weighted by molar-refractivity contribution is 5.92. The molecular formula is C16H16N4O3. The molecule has 0 unspecified atom stereocenters. The molecule has 0 aliphatic carbocycles. The Hall–Kier alpha value is -2.96. The maximum Gasteiger partial charge on any atom is 0.362 e. The van der Waals surface area contributed by atoms with Crippen LogP contribution in [0.1, 0.15) is 24.3 Å². The molecule has 0 saturated heterocycles. The van der Waals surface area contributed by atoms with E-state index in [1.165, 1.54) is 0 Å². The Labute approximate surface area is 132 Å². The fraction of sp³-hybridized carbons (Fsp3) is 0.250. The summed E-state index contributed by atoms with van der Waals surface area (Å²) in [6.07, 6.45) is 1.56. The Balaban J connectivity index is 2.15. The lowest BCUT2D eigenvalue weighted by molar-refractivity contribution is 0.0514. The zero-order valence-electron chi connectivity index (χ0n) is 12.9. The number of aromatic nitrogens is 4. The number of fused-ring (bicyclic) bond motifs is 1. The quantitative estimate of drug-likeness (QED) is 0.673. The predicted octanol–water partition coefficient (Wildman–Crippen LogP) is 2.39. The molecule has 118 valence electrons. The summed E-state index contributed by atoms with van der Waals surface area (Å²) in [7, 11) is 0. The number of carbonyl (C=O) groups excluding carboxylic acids is 1. The molecular weight excluding hydrogens is 296 g/mol. The molecule has 3 aromatic rings. The number of benzene rings is 1. The van der Waals surface area contributed by atoms with Gasteiger partial charge in [-0.3, -0.25) is 0 Å². The van der Waals surface area contributed by atoms with Gasteiger partial charge in [-0.25, -0.2) is 14.5 Å². The lowest BCUT2D eigenvalue weighted by Gasteiger charge is -2.08. The Morgan fingerprint density at radius 3 is 2.61 bits per heavy atom. The minimum Gasteiger partial charge on any atom is -0.476 e. The van der Waals surface area contributed by atoms with Gasteiger partial charge in [-0.2, -0.15) is 10.1 Å². The van der Waals surface area contributed by atoms with Crippen LogP contribution in [0, 0.1) is 0 Å². The van der Waals surface area contributed by atoms with Gasteiger partial charge in [0.25, 0.3) is 0 Å². The van der Waals surface area contributed by atoms with Crippen LogP contribution in [0.5, 0.6) is 5.88 Å². The lowest BCUT2D eigenvalue weighted by atomic mass is 10.3. The van der Waals surface area contributed by atoms with Gasteiger partial charge in [0.15, 0.2) is 5.65 Å². The zero-order valence-corrected chi connectivity index (χ0v) is 12.9. The first kappa shape index (κ1) is 15.0. The first-order valence-corrected chi connectivity index (χ1v) is 7.35. The van der Waals surface area contributed by atoms with Crippen LogP contribution < -0.4 is 4.74 Å². The van der Waals surface area contributed by atoms with Crippen molar-refractivity contribution >= 4 is 17.1 Å². The van der Waals surface area contributed by atoms with Crippen molar-refractivity contribution < 1.29 is 14.3 Å². The van der Waals surface area contributed by atoms with E-state index in [1.807, 2.05) is 37.3 Å². The molecule has 0 atom stereocenters. The van der Waals surface area contributed by atoms with E-state index < -0.39 is 5.97 Å². The molecule has 7 heteroatoms. The smallest absolute Gasteiger partial charge is 0.362 e. The van der Waals surface area contributed by atoms with E-state index in [-0.39, 0.29) is 18.2 Å². The fourth-order valence-corrected chi connectivity index (χ4v) is 2.16. The zero-order chi connectivity index (χ0) is 16.2. The van der Waals surface area contributed by atoms with Crippen LogP contribution >= 0.6 is 0 Å². The largest absolute Gasteiger partial charge is 0.476 e. The van der Waals surface area contributed by atoms with Gasteiger partial charge < -0.3 is 9.47 Å². The van der Waals surface area contributed by atoms with Crippen LogP contribution in [-0.4, -0.2) is 38.9 Å². The van der Waals surface area contributed by atoms with Gasteiger partial charge in [0.05, 0.1) is 25.1 Å². The number of para-hydroxylation sites is 1. The van der Waals surface area contributed by atoms with Crippen LogP contribution in [-0.2, 0) is 4.74 Å². The SMILES string of the molecule is CCOC(=O)c1nc2cnn(-c3ccccc3)c2nc1OCC. The third-order valence-corrected chi connectivity index (χ3v) is 3.12. The minimum atomic E-state index is -0.558. The van der Waals surface area contributed by atoms with Crippen molar-refractivity contribution in [3.63, 3.8) is 0 Å². The average molecular weight is 312 g/mol. The van der Waals surface area contributed by atoms with Gasteiger partial charge in [-0.15, -0.1) is 0 Å². The lowest BCUT2D eigenvalue weighted by Crippen LogP contribution is -2.12. The van der Waals surface area contributed by atoms with E-state index in [1.54, 1.807) is 17.8 Å². The Morgan fingerprint density at radius 2 is 1.91 bits per heavy atom. The van der Waals surface area contributed by atoms with E-state index in [9.17, 15) is 4.79 Å². The molecule has 7 nitrogen and oxygen atoms in total. The van der Waals surface area contributed by atoms with Crippen LogP contribution in [0.3, 0.4) is 0 Å². The normalized spacial score (nSPS) is 10.7. The van der Waals surface area contributed by atoms with Crippen LogP contribution in [0.4, 0.5) is 0 Å². The second-order valence-corrected chi connectivity index (χ2v) is 4.63. The molecule has 0 aliphatic heterocycles. The van der Waals surface area contributed by atoms with Gasteiger partial charge in [-0.05, 0) is 26.0 Å². The summed E-state index contributed by atoms with van der Waals surface area (Å²) in [6.45, 7) is 4.17. The molecule has 1 aromatic carbocycles. The average Bonchev–Trinajstić information content (AvgIpc) is 2.98. The Kier molecular flexibility index (Phi) is 4.18. The molecule has 23 heavy (non-hydrogen) atoms. The van der Waals surface area contributed by atoms with Crippen molar-refractivity contribution in [2.45, 2.75) is 13.8 Å². The van der Waals surface area contributed by atoms with Crippen molar-refractivity contribution in [2.24, 2.45) is 0 Å². The number of ether oxygens (including phenoxy) is 2. The molecule has 0 bridgehead atoms. The molecule has 0 spiro atoms. The van der Waals surface area contributed by atoms with Gasteiger partial charge in [0, 0.05) is 0 Å². The summed E-state index contributed by atoms with van der Waals surface area (Å²) in [4.78, 5) is 20.8. The predicted molar refractivity (Wildman–Crippen MR) is 83.8 cm³/mol. The molecule has 0 fully saturated rings. The highest BCUT2D eigenvalue weighted by Gasteiger charge is 2.21. The number of rotatable bonds is 5. The van der Waals surface area contributed by atoms with Crippen molar-refractivity contribution in [2.75, 3.05) is 13.2 Å². The molecule has 2 heterocycles. The van der Waals surface area contributed by atoms with Gasteiger partial charge in [0.2, 0.25) is 11.6 Å². The van der Waals surface area contributed by atoms with Gasteiger partial charge in [0.1, 0.15) is 5.52 Å². The highest BCUT2D eigenvalue weighted by Crippen LogP contribution is 2.22. The summed E-state index contributed by atoms with van der Waals surface area (Å²) >= 11 is 0. The number of nitrogens with zero attached hydrogens (tertiary/aromatic N) is 4. The van der Waals surface area contributed by atoms with Crippen LogP contribution in [0.25, 0.3) is 16.9 Å². The maximum absolute atomic E-state index is 12.0. The Bertz CT molecular complexity index is 830. The number of carbonyl (C=O) groups is 1. The number of esters is 1. The molecule has 0 N–H and O–H groups in total. The van der Waals surface area contributed by atoms with Crippen LogP contribution in [0.15, 0.2) is 36.5 Å². The van der Waals surface area contributed by atoms with E-state index >= 15 is 0 Å². The Morgan fingerprint density at radius 1 is 1.13 bits per heavy atom. The van der Waals surface area contributed by atoms with E-state index in [4.69, 9.17) is 9.47 Å². The summed E-state index contributed by atoms with van der Waals surface area (Å²) in [5.41, 5.74) is 1.94. The summed E-state index contributed by atoms with van der Waals surface area (Å²) in [5.74, 6) is -0.408. The molecule has 0 aliphatic rings. The van der Waals surface area contributed by atoms with Gasteiger partial charge >= 0.3 is 5.97 Å². The second-order valence-electron chi connectivity index (χ2n) is 4.63. The standard InChI is InChI=1S/C16H16N4O3/c1-3-22-15-13(16(21)23-4-2)18-12-10-17-20(14(12)19-15)11-8-6-5-7-9-11/h5-10H,3-4H2,1-2H3. The third kappa shape index (κ3) is 2.85. The third-order valence-electron chi connectivity index (χ3n) is 3.12. The van der Waals surface area contributed by atoms with Crippen molar-refractivity contribution in [1.29, 1.82) is 0 Å². The van der Waals surface area contributed by atoms with E-state index in [2.05, 4.69) is 15.1 Å². The monoisotopic (exact) mass is 312 g/mol. The van der Waals surface area contributed by atoms with E-state index in [0.29, 0.717) is 17.8 Å². The molecule has 2 aromatic heterocycles. The fourth-order valence-electron chi connectivity index (χ4n) is 2.16. The van der Waals surface area contributed by atoms with Crippen molar-refractivity contribution in [1.82, 2.24) is 19.7 Å². The maximum atomic E-state index is 12.0. The molecule has 0 saturated carbocycles. The van der Waals surface area contributed by atoms with Crippen LogP contribution in [0.2, 0.25) is 0 Å². The van der Waals surface area contributed by atoms with Crippen molar-refractivity contribution in [3.8, 4) is 11.6 Å². The molecule has 0 amide bonds. The highest BCUT2D eigenvalue weighted by atomic mass is 16.5. The molecule has 0 radical (unpaired) electrons. The van der Waals surface area contributed by atoms with E-state index in [0.717, 1.165) is 5.69 Å². The second kappa shape index (κ2) is 6.43. The summed E-state index contributed by atoms with van der Waals surface area (Å²) < 4.78 is 12.1. The topological polar surface area (TPSA) is 79.1 Å². The number of hydrogen-bond acceptors (Lipinski definition) is 6. The number of hydrogen-bond donors (Lipinski definition) is 0. The molecule has 3 rings (SSSR count). The van der Waals surface area contributed by atoms with Crippen molar-refractivity contribution in [3.05, 3.63) is 42.2 Å².